The molecule has 0 amide bonds. The fourth-order valence-corrected chi connectivity index (χ4v) is 3.68. The number of phenols is 1. The Morgan fingerprint density at radius 2 is 1.70 bits per heavy atom. The Balaban J connectivity index is 1.65. The summed E-state index contributed by atoms with van der Waals surface area (Å²) in [5.41, 5.74) is 2.67. The molecule has 2 aliphatic heterocycles. The van der Waals surface area contributed by atoms with E-state index in [1.54, 1.807) is 12.1 Å². The van der Waals surface area contributed by atoms with Crippen LogP contribution < -0.4 is 4.74 Å². The van der Waals surface area contributed by atoms with Gasteiger partial charge in [0.05, 0.1) is 0 Å². The van der Waals surface area contributed by atoms with Gasteiger partial charge >= 0.3 is 0 Å². The molecular weight excluding hydrogens is 288 g/mol. The summed E-state index contributed by atoms with van der Waals surface area (Å²) in [5, 5.41) is 9.43. The number of likely N-dealkylation sites (N-methyl/N-ethyl adjacent to an activating group) is 1. The van der Waals surface area contributed by atoms with Crippen molar-refractivity contribution < 1.29 is 9.84 Å². The van der Waals surface area contributed by atoms with Gasteiger partial charge in [-0.25, -0.2) is 0 Å². The number of ether oxygens (including phenoxy) is 1. The Kier molecular flexibility index (Phi) is 3.71. The Bertz CT molecular complexity index is 686. The fraction of sp³-hybridized carbons (Fsp3) is 0.368. The minimum absolute atomic E-state index is 0.0374. The van der Waals surface area contributed by atoms with Crippen LogP contribution in [0.2, 0.25) is 0 Å². The fourth-order valence-electron chi connectivity index (χ4n) is 3.68. The summed E-state index contributed by atoms with van der Waals surface area (Å²) in [4.78, 5) is 4.94. The maximum atomic E-state index is 9.43. The molecule has 4 heteroatoms. The van der Waals surface area contributed by atoms with Gasteiger partial charge in [-0.1, -0.05) is 24.3 Å². The number of benzene rings is 2. The van der Waals surface area contributed by atoms with Crippen molar-refractivity contribution in [3.8, 4) is 11.5 Å². The average molecular weight is 310 g/mol. The van der Waals surface area contributed by atoms with Crippen molar-refractivity contribution >= 4 is 0 Å². The number of hydrogen-bond acceptors (Lipinski definition) is 4. The third kappa shape index (κ3) is 2.80. The quantitative estimate of drug-likeness (QED) is 0.925. The summed E-state index contributed by atoms with van der Waals surface area (Å²) in [6.45, 7) is 4.16. The number of piperazine rings is 1. The highest BCUT2D eigenvalue weighted by atomic mass is 16.5. The van der Waals surface area contributed by atoms with Crippen LogP contribution >= 0.6 is 0 Å². The molecule has 1 N–H and O–H groups in total. The molecule has 1 fully saturated rings. The highest BCUT2D eigenvalue weighted by molar-refractivity contribution is 5.37. The van der Waals surface area contributed by atoms with E-state index in [1.807, 2.05) is 12.1 Å². The second-order valence-electron chi connectivity index (χ2n) is 6.50. The van der Waals surface area contributed by atoms with Gasteiger partial charge in [0.25, 0.3) is 0 Å². The van der Waals surface area contributed by atoms with Gasteiger partial charge in [-0.3, -0.25) is 4.90 Å². The molecule has 2 aromatic rings. The van der Waals surface area contributed by atoms with E-state index in [0.717, 1.165) is 31.9 Å². The van der Waals surface area contributed by atoms with Crippen LogP contribution in [0.15, 0.2) is 48.5 Å². The predicted octanol–water partition coefficient (Wildman–Crippen LogP) is 2.81. The Labute approximate surface area is 136 Å². The van der Waals surface area contributed by atoms with E-state index in [-0.39, 0.29) is 11.9 Å². The molecule has 2 aliphatic rings. The molecule has 1 saturated heterocycles. The summed E-state index contributed by atoms with van der Waals surface area (Å²) in [5.74, 6) is 1.07. The molecule has 2 aromatic carbocycles. The molecule has 0 saturated carbocycles. The first-order valence-corrected chi connectivity index (χ1v) is 8.18. The number of hydrogen-bond donors (Lipinski definition) is 1. The molecule has 2 atom stereocenters. The van der Waals surface area contributed by atoms with Crippen molar-refractivity contribution in [3.05, 3.63) is 59.7 Å². The summed E-state index contributed by atoms with van der Waals surface area (Å²) in [7, 11) is 2.19. The third-order valence-corrected chi connectivity index (χ3v) is 4.91. The second kappa shape index (κ2) is 5.87. The zero-order valence-corrected chi connectivity index (χ0v) is 13.4. The molecular formula is C19H22N2O2. The molecule has 0 aliphatic carbocycles. The Morgan fingerprint density at radius 3 is 2.48 bits per heavy atom. The van der Waals surface area contributed by atoms with Crippen LogP contribution in [0.1, 0.15) is 23.3 Å². The first-order chi connectivity index (χ1) is 11.2. The van der Waals surface area contributed by atoms with Gasteiger partial charge in [0.15, 0.2) is 0 Å². The molecule has 0 bridgehead atoms. The lowest BCUT2D eigenvalue weighted by atomic mass is 9.89. The Hall–Kier alpha value is -2.04. The first kappa shape index (κ1) is 14.5. The van der Waals surface area contributed by atoms with Crippen molar-refractivity contribution in [3.63, 3.8) is 0 Å². The molecule has 0 aromatic heterocycles. The minimum Gasteiger partial charge on any atom is -0.508 e. The number of rotatable bonds is 2. The third-order valence-electron chi connectivity index (χ3n) is 4.91. The molecule has 0 spiro atoms. The predicted molar refractivity (Wildman–Crippen MR) is 89.7 cm³/mol. The first-order valence-electron chi connectivity index (χ1n) is 8.18. The van der Waals surface area contributed by atoms with E-state index in [0.29, 0.717) is 6.04 Å². The van der Waals surface area contributed by atoms with E-state index in [2.05, 4.69) is 41.1 Å². The highest BCUT2D eigenvalue weighted by Crippen LogP contribution is 2.38. The summed E-state index contributed by atoms with van der Waals surface area (Å²) in [6.07, 6.45) is 0.0374. The van der Waals surface area contributed by atoms with Crippen molar-refractivity contribution in [1.29, 1.82) is 0 Å². The minimum atomic E-state index is 0.0374. The molecule has 2 heterocycles. The highest BCUT2D eigenvalue weighted by Gasteiger charge is 2.36. The van der Waals surface area contributed by atoms with Crippen LogP contribution in [-0.4, -0.2) is 48.1 Å². The Morgan fingerprint density at radius 1 is 0.957 bits per heavy atom. The van der Waals surface area contributed by atoms with E-state index >= 15 is 0 Å². The van der Waals surface area contributed by atoms with Gasteiger partial charge in [0.2, 0.25) is 0 Å². The van der Waals surface area contributed by atoms with Gasteiger partial charge in [0, 0.05) is 32.2 Å². The molecule has 0 radical (unpaired) electrons. The van der Waals surface area contributed by atoms with Crippen LogP contribution in [0.25, 0.3) is 0 Å². The summed E-state index contributed by atoms with van der Waals surface area (Å²) in [6, 6.07) is 16.1. The number of phenolic OH excluding ortho intramolecular Hbond substituents is 1. The van der Waals surface area contributed by atoms with Crippen LogP contribution in [-0.2, 0) is 0 Å². The topological polar surface area (TPSA) is 35.9 Å². The normalized spacial score (nSPS) is 24.7. The van der Waals surface area contributed by atoms with E-state index in [4.69, 9.17) is 4.74 Å². The van der Waals surface area contributed by atoms with Crippen molar-refractivity contribution in [2.45, 2.75) is 12.1 Å². The smallest absolute Gasteiger partial charge is 0.137 e. The van der Waals surface area contributed by atoms with Crippen LogP contribution in [0, 0.1) is 0 Å². The zero-order chi connectivity index (χ0) is 15.8. The van der Waals surface area contributed by atoms with Gasteiger partial charge in [-0.2, -0.15) is 0 Å². The van der Waals surface area contributed by atoms with Crippen molar-refractivity contribution in [1.82, 2.24) is 9.80 Å². The maximum absolute atomic E-state index is 9.43. The molecule has 0 unspecified atom stereocenters. The number of nitrogens with zero attached hydrogens (tertiary/aromatic N) is 2. The van der Waals surface area contributed by atoms with Crippen LogP contribution in [0.3, 0.4) is 0 Å². The maximum Gasteiger partial charge on any atom is 0.137 e. The second-order valence-corrected chi connectivity index (χ2v) is 6.50. The number of fused-ring (bicyclic) bond motifs is 3. The lowest BCUT2D eigenvalue weighted by molar-refractivity contribution is 0.0322. The van der Waals surface area contributed by atoms with Gasteiger partial charge in [-0.05, 0) is 42.4 Å². The van der Waals surface area contributed by atoms with Crippen molar-refractivity contribution in [2.24, 2.45) is 0 Å². The van der Waals surface area contributed by atoms with Gasteiger partial charge in [-0.15, -0.1) is 0 Å². The molecule has 120 valence electrons. The summed E-state index contributed by atoms with van der Waals surface area (Å²) < 4.78 is 6.25. The monoisotopic (exact) mass is 310 g/mol. The number of aromatic hydroxyl groups is 1. The average Bonchev–Trinajstić information content (AvgIpc) is 2.58. The lowest BCUT2D eigenvalue weighted by Gasteiger charge is -2.46. The van der Waals surface area contributed by atoms with Crippen LogP contribution in [0.5, 0.6) is 11.5 Å². The molecule has 4 rings (SSSR count). The lowest BCUT2D eigenvalue weighted by Crippen LogP contribution is -2.51. The van der Waals surface area contributed by atoms with E-state index < -0.39 is 0 Å². The summed E-state index contributed by atoms with van der Waals surface area (Å²) >= 11 is 0. The standard InChI is InChI=1S/C19H22N2O2/c1-20-10-11-21-13-19(23-15-8-6-14(22)7-9-15)17-5-3-2-4-16(17)18(21)12-20/h2-9,18-19,22H,10-13H2,1H3/t18-,19-/m1/s1. The largest absolute Gasteiger partial charge is 0.508 e. The van der Waals surface area contributed by atoms with Crippen LogP contribution in [0.4, 0.5) is 0 Å². The van der Waals surface area contributed by atoms with E-state index in [1.165, 1.54) is 11.1 Å². The van der Waals surface area contributed by atoms with Gasteiger partial charge < -0.3 is 14.7 Å². The van der Waals surface area contributed by atoms with Gasteiger partial charge in [0.1, 0.15) is 17.6 Å². The molecule has 4 nitrogen and oxygen atoms in total. The van der Waals surface area contributed by atoms with E-state index in [9.17, 15) is 5.11 Å². The zero-order valence-electron chi connectivity index (χ0n) is 13.4. The van der Waals surface area contributed by atoms with Crippen molar-refractivity contribution in [2.75, 3.05) is 33.2 Å². The SMILES string of the molecule is CN1CCN2C[C@@H](Oc3ccc(O)cc3)c3ccccc3[C@H]2C1. The molecule has 23 heavy (non-hydrogen) atoms.